The Morgan fingerprint density at radius 2 is 2.11 bits per heavy atom. The molecule has 0 aliphatic heterocycles. The van der Waals surface area contributed by atoms with Crippen LogP contribution in [0.25, 0.3) is 11.1 Å². The molecule has 0 atom stereocenters. The third-order valence-electron chi connectivity index (χ3n) is 2.99. The molecule has 4 nitrogen and oxygen atoms in total. The SMILES string of the molecule is CCc1cc(Cl)c(OC)c(-c2cnn(C)c2N)c1. The van der Waals surface area contributed by atoms with Gasteiger partial charge in [-0.3, -0.25) is 4.68 Å². The van der Waals surface area contributed by atoms with Crippen molar-refractivity contribution >= 4 is 17.4 Å². The summed E-state index contributed by atoms with van der Waals surface area (Å²) < 4.78 is 7.00. The van der Waals surface area contributed by atoms with E-state index in [1.54, 1.807) is 25.0 Å². The molecule has 1 heterocycles. The number of aromatic nitrogens is 2. The summed E-state index contributed by atoms with van der Waals surface area (Å²) in [6, 6.07) is 3.95. The van der Waals surface area contributed by atoms with Crippen LogP contribution in [-0.4, -0.2) is 16.9 Å². The van der Waals surface area contributed by atoms with E-state index in [1.165, 1.54) is 0 Å². The molecule has 0 aliphatic rings. The molecule has 1 aromatic carbocycles. The molecule has 0 amide bonds. The molecule has 1 aromatic heterocycles. The number of benzene rings is 1. The summed E-state index contributed by atoms with van der Waals surface area (Å²) in [5.74, 6) is 1.23. The van der Waals surface area contributed by atoms with Crippen molar-refractivity contribution in [2.24, 2.45) is 7.05 Å². The Hall–Kier alpha value is -1.68. The standard InChI is InChI=1S/C13H16ClN3O/c1-4-8-5-9(12(18-3)11(14)6-8)10-7-16-17(2)13(10)15/h5-7H,4,15H2,1-3H3. The van der Waals surface area contributed by atoms with Gasteiger partial charge in [0.2, 0.25) is 0 Å². The van der Waals surface area contributed by atoms with Crippen LogP contribution in [0.4, 0.5) is 5.82 Å². The van der Waals surface area contributed by atoms with E-state index in [4.69, 9.17) is 22.1 Å². The highest BCUT2D eigenvalue weighted by atomic mass is 35.5. The highest BCUT2D eigenvalue weighted by Crippen LogP contribution is 2.39. The highest BCUT2D eigenvalue weighted by molar-refractivity contribution is 6.32. The van der Waals surface area contributed by atoms with Gasteiger partial charge in [0.25, 0.3) is 0 Å². The topological polar surface area (TPSA) is 53.1 Å². The van der Waals surface area contributed by atoms with Crippen molar-refractivity contribution in [1.29, 1.82) is 0 Å². The molecule has 0 spiro atoms. The molecule has 2 N–H and O–H groups in total. The Morgan fingerprint density at radius 3 is 2.61 bits per heavy atom. The molecule has 5 heteroatoms. The molecule has 0 bridgehead atoms. The van der Waals surface area contributed by atoms with Crippen molar-refractivity contribution in [2.45, 2.75) is 13.3 Å². The first-order valence-electron chi connectivity index (χ1n) is 5.72. The third-order valence-corrected chi connectivity index (χ3v) is 3.27. The number of nitrogen functional groups attached to an aromatic ring is 1. The van der Waals surface area contributed by atoms with Crippen LogP contribution in [0.5, 0.6) is 5.75 Å². The zero-order valence-corrected chi connectivity index (χ0v) is 11.5. The van der Waals surface area contributed by atoms with Crippen LogP contribution in [0.1, 0.15) is 12.5 Å². The van der Waals surface area contributed by atoms with Crippen molar-refractivity contribution < 1.29 is 4.74 Å². The van der Waals surface area contributed by atoms with Crippen LogP contribution in [0.15, 0.2) is 18.3 Å². The van der Waals surface area contributed by atoms with Crippen molar-refractivity contribution in [2.75, 3.05) is 12.8 Å². The number of aryl methyl sites for hydroxylation is 2. The second-order valence-corrected chi connectivity index (χ2v) is 4.49. The van der Waals surface area contributed by atoms with E-state index in [0.717, 1.165) is 23.1 Å². The molecule has 2 aromatic rings. The molecular formula is C13H16ClN3O. The Labute approximate surface area is 111 Å². The summed E-state index contributed by atoms with van der Waals surface area (Å²) >= 11 is 6.23. The van der Waals surface area contributed by atoms with Crippen molar-refractivity contribution in [1.82, 2.24) is 9.78 Å². The van der Waals surface area contributed by atoms with Crippen LogP contribution >= 0.6 is 11.6 Å². The summed E-state index contributed by atoms with van der Waals surface area (Å²) in [7, 11) is 3.40. The number of halogens is 1. The van der Waals surface area contributed by atoms with Crippen LogP contribution in [-0.2, 0) is 13.5 Å². The first-order valence-corrected chi connectivity index (χ1v) is 6.10. The Kier molecular flexibility index (Phi) is 3.48. The van der Waals surface area contributed by atoms with Gasteiger partial charge in [-0.2, -0.15) is 5.10 Å². The fourth-order valence-corrected chi connectivity index (χ4v) is 2.23. The van der Waals surface area contributed by atoms with Gasteiger partial charge in [0.05, 0.1) is 18.3 Å². The number of nitrogens with zero attached hydrogens (tertiary/aromatic N) is 2. The largest absolute Gasteiger partial charge is 0.495 e. The van der Waals surface area contributed by atoms with Gasteiger partial charge in [-0.05, 0) is 24.1 Å². The van der Waals surface area contributed by atoms with Crippen LogP contribution in [0.3, 0.4) is 0 Å². The molecule has 2 rings (SSSR count). The normalized spacial score (nSPS) is 10.7. The third kappa shape index (κ3) is 2.04. The molecule has 0 unspecified atom stereocenters. The molecule has 96 valence electrons. The second-order valence-electron chi connectivity index (χ2n) is 4.08. The monoisotopic (exact) mass is 265 g/mol. The van der Waals surface area contributed by atoms with Gasteiger partial charge in [0, 0.05) is 18.2 Å². The minimum Gasteiger partial charge on any atom is -0.495 e. The fraction of sp³-hybridized carbons (Fsp3) is 0.308. The summed E-state index contributed by atoms with van der Waals surface area (Å²) in [6.07, 6.45) is 2.62. The lowest BCUT2D eigenvalue weighted by atomic mass is 10.0. The van der Waals surface area contributed by atoms with E-state index in [1.807, 2.05) is 12.1 Å². The van der Waals surface area contributed by atoms with Gasteiger partial charge < -0.3 is 10.5 Å². The quantitative estimate of drug-likeness (QED) is 0.928. The van der Waals surface area contributed by atoms with E-state index in [0.29, 0.717) is 16.6 Å². The average Bonchev–Trinajstić information content (AvgIpc) is 2.69. The molecule has 0 fully saturated rings. The maximum Gasteiger partial charge on any atom is 0.145 e. The zero-order valence-electron chi connectivity index (χ0n) is 10.7. The van der Waals surface area contributed by atoms with E-state index in [9.17, 15) is 0 Å². The lowest BCUT2D eigenvalue weighted by molar-refractivity contribution is 0.416. The van der Waals surface area contributed by atoms with Crippen molar-refractivity contribution in [3.63, 3.8) is 0 Å². The number of nitrogens with two attached hydrogens (primary N) is 1. The van der Waals surface area contributed by atoms with Gasteiger partial charge in [0.15, 0.2) is 0 Å². The zero-order chi connectivity index (χ0) is 13.3. The molecule has 0 saturated carbocycles. The predicted octanol–water partition coefficient (Wildman–Crippen LogP) is 2.89. The maximum absolute atomic E-state index is 6.23. The first kappa shape index (κ1) is 12.8. The van der Waals surface area contributed by atoms with Crippen molar-refractivity contribution in [3.8, 4) is 16.9 Å². The number of methoxy groups -OCH3 is 1. The number of anilines is 1. The van der Waals surface area contributed by atoms with Crippen LogP contribution in [0.2, 0.25) is 5.02 Å². The summed E-state index contributed by atoms with van der Waals surface area (Å²) in [5.41, 5.74) is 8.86. The fourth-order valence-electron chi connectivity index (χ4n) is 1.92. The van der Waals surface area contributed by atoms with Crippen LogP contribution in [0, 0.1) is 0 Å². The summed E-state index contributed by atoms with van der Waals surface area (Å²) in [5, 5.41) is 4.74. The van der Waals surface area contributed by atoms with Gasteiger partial charge in [-0.15, -0.1) is 0 Å². The van der Waals surface area contributed by atoms with E-state index < -0.39 is 0 Å². The predicted molar refractivity (Wildman–Crippen MR) is 74.0 cm³/mol. The lowest BCUT2D eigenvalue weighted by Crippen LogP contribution is -1.99. The highest BCUT2D eigenvalue weighted by Gasteiger charge is 2.16. The average molecular weight is 266 g/mol. The maximum atomic E-state index is 6.23. The number of hydrogen-bond donors (Lipinski definition) is 1. The van der Waals surface area contributed by atoms with E-state index in [2.05, 4.69) is 12.0 Å². The minimum atomic E-state index is 0.593. The number of rotatable bonds is 3. The van der Waals surface area contributed by atoms with E-state index >= 15 is 0 Å². The Balaban J connectivity index is 2.68. The summed E-state index contributed by atoms with van der Waals surface area (Å²) in [6.45, 7) is 2.08. The Bertz CT molecular complexity index is 578. The Morgan fingerprint density at radius 1 is 1.39 bits per heavy atom. The number of ether oxygens (including phenoxy) is 1. The van der Waals surface area contributed by atoms with Crippen molar-refractivity contribution in [3.05, 3.63) is 28.9 Å². The molecule has 0 saturated heterocycles. The van der Waals surface area contributed by atoms with Gasteiger partial charge in [-0.25, -0.2) is 0 Å². The second kappa shape index (κ2) is 4.90. The smallest absolute Gasteiger partial charge is 0.145 e. The molecule has 0 aliphatic carbocycles. The minimum absolute atomic E-state index is 0.593. The first-order chi connectivity index (χ1) is 8.58. The van der Waals surface area contributed by atoms with E-state index in [-0.39, 0.29) is 0 Å². The van der Waals surface area contributed by atoms with Gasteiger partial charge in [0.1, 0.15) is 11.6 Å². The molecule has 0 radical (unpaired) electrons. The van der Waals surface area contributed by atoms with Gasteiger partial charge >= 0.3 is 0 Å². The number of hydrogen-bond acceptors (Lipinski definition) is 3. The van der Waals surface area contributed by atoms with Gasteiger partial charge in [-0.1, -0.05) is 18.5 Å². The summed E-state index contributed by atoms with van der Waals surface area (Å²) in [4.78, 5) is 0. The molecule has 18 heavy (non-hydrogen) atoms. The lowest BCUT2D eigenvalue weighted by Gasteiger charge is -2.12. The van der Waals surface area contributed by atoms with Crippen LogP contribution < -0.4 is 10.5 Å². The molecular weight excluding hydrogens is 250 g/mol.